The molecule has 1 heterocycles. The minimum absolute atomic E-state index is 0.0485. The number of carbonyl (C=O) groups excluding carboxylic acids is 3. The first-order chi connectivity index (χ1) is 39.6. The lowest BCUT2D eigenvalue weighted by Crippen LogP contribution is -2.61. The molecule has 0 aliphatic carbocycles. The summed E-state index contributed by atoms with van der Waals surface area (Å²) in [7, 11) is 0. The van der Waals surface area contributed by atoms with Crippen LogP contribution >= 0.6 is 0 Å². The summed E-state index contributed by atoms with van der Waals surface area (Å²) < 4.78 is 28.4. The van der Waals surface area contributed by atoms with E-state index in [-0.39, 0.29) is 25.9 Å². The van der Waals surface area contributed by atoms with Crippen LogP contribution in [0.4, 0.5) is 0 Å². The number of carboxylic acids is 1. The Morgan fingerprint density at radius 2 is 0.802 bits per heavy atom. The number of rotatable bonds is 53. The molecule has 12 nitrogen and oxygen atoms in total. The molecule has 1 fully saturated rings. The fourth-order valence-electron chi connectivity index (χ4n) is 9.06. The second kappa shape index (κ2) is 55.9. The molecule has 0 spiro atoms. The van der Waals surface area contributed by atoms with Crippen LogP contribution in [0.15, 0.2) is 109 Å². The topological polar surface area (TPSA) is 175 Å². The molecule has 1 aliphatic rings. The van der Waals surface area contributed by atoms with E-state index in [4.69, 9.17) is 23.7 Å². The number of allylic oxidation sites excluding steroid dienone is 18. The Kier molecular flexibility index (Phi) is 51.3. The Labute approximate surface area is 491 Å². The summed E-state index contributed by atoms with van der Waals surface area (Å²) in [5, 5.41) is 31.6. The van der Waals surface area contributed by atoms with E-state index in [0.717, 1.165) is 103 Å². The van der Waals surface area contributed by atoms with Gasteiger partial charge in [-0.25, -0.2) is 4.79 Å². The third kappa shape index (κ3) is 45.6. The van der Waals surface area contributed by atoms with Crippen molar-refractivity contribution in [3.05, 3.63) is 109 Å². The molecular weight excluding hydrogens is 1020 g/mol. The zero-order chi connectivity index (χ0) is 58.9. The fraction of sp³-hybridized carbons (Fsp3) is 0.681. The van der Waals surface area contributed by atoms with Gasteiger partial charge >= 0.3 is 23.9 Å². The first kappa shape index (κ1) is 74.4. The number of hydrogen-bond acceptors (Lipinski definition) is 11. The van der Waals surface area contributed by atoms with E-state index in [1.54, 1.807) is 0 Å². The number of ether oxygens (including phenoxy) is 5. The highest BCUT2D eigenvalue weighted by Crippen LogP contribution is 2.26. The normalized spacial score (nSPS) is 18.5. The predicted molar refractivity (Wildman–Crippen MR) is 330 cm³/mol. The maximum Gasteiger partial charge on any atom is 0.335 e. The Morgan fingerprint density at radius 3 is 1.23 bits per heavy atom. The molecule has 1 saturated heterocycles. The van der Waals surface area contributed by atoms with Gasteiger partial charge in [0.15, 0.2) is 24.6 Å². The van der Waals surface area contributed by atoms with Crippen LogP contribution in [0.1, 0.15) is 252 Å². The summed E-state index contributed by atoms with van der Waals surface area (Å²) in [4.78, 5) is 51.2. The second-order valence-electron chi connectivity index (χ2n) is 21.3. The van der Waals surface area contributed by atoms with Crippen molar-refractivity contribution in [1.29, 1.82) is 0 Å². The average molecular weight is 1130 g/mol. The predicted octanol–water partition coefficient (Wildman–Crippen LogP) is 17.0. The van der Waals surface area contributed by atoms with E-state index < -0.39 is 67.3 Å². The van der Waals surface area contributed by atoms with E-state index >= 15 is 0 Å². The Balaban J connectivity index is 2.70. The van der Waals surface area contributed by atoms with Gasteiger partial charge in [0.05, 0.1) is 6.61 Å². The number of carbonyl (C=O) groups is 4. The molecule has 0 aromatic rings. The van der Waals surface area contributed by atoms with Gasteiger partial charge in [0.1, 0.15) is 18.8 Å². The van der Waals surface area contributed by atoms with Crippen LogP contribution in [0.2, 0.25) is 0 Å². The van der Waals surface area contributed by atoms with Gasteiger partial charge in [0, 0.05) is 19.3 Å². The van der Waals surface area contributed by atoms with Crippen molar-refractivity contribution in [3.63, 3.8) is 0 Å². The van der Waals surface area contributed by atoms with Crippen molar-refractivity contribution in [2.24, 2.45) is 0 Å². The van der Waals surface area contributed by atoms with Crippen LogP contribution in [0.25, 0.3) is 0 Å². The highest BCUT2D eigenvalue weighted by molar-refractivity contribution is 5.74. The van der Waals surface area contributed by atoms with Gasteiger partial charge in [-0.2, -0.15) is 0 Å². The van der Waals surface area contributed by atoms with Gasteiger partial charge < -0.3 is 39.0 Å². The minimum atomic E-state index is -1.92. The van der Waals surface area contributed by atoms with Gasteiger partial charge in [0.2, 0.25) is 0 Å². The molecule has 0 bridgehead atoms. The number of carboxylic acid groups (broad SMARTS) is 1. The molecule has 12 heteroatoms. The third-order valence-electron chi connectivity index (χ3n) is 13.9. The van der Waals surface area contributed by atoms with E-state index in [2.05, 4.69) is 118 Å². The average Bonchev–Trinajstić information content (AvgIpc) is 3.45. The van der Waals surface area contributed by atoms with Crippen molar-refractivity contribution in [2.75, 3.05) is 13.2 Å². The first-order valence-corrected chi connectivity index (χ1v) is 31.9. The molecule has 0 radical (unpaired) electrons. The summed E-state index contributed by atoms with van der Waals surface area (Å²) in [5.74, 6) is -3.27. The lowest BCUT2D eigenvalue weighted by atomic mass is 9.98. The van der Waals surface area contributed by atoms with Crippen LogP contribution in [-0.2, 0) is 42.9 Å². The monoisotopic (exact) mass is 1130 g/mol. The molecule has 0 aromatic carbocycles. The molecule has 6 atom stereocenters. The minimum Gasteiger partial charge on any atom is -0.479 e. The zero-order valence-corrected chi connectivity index (χ0v) is 50.7. The summed E-state index contributed by atoms with van der Waals surface area (Å²) in [5.41, 5.74) is 0. The Hall–Kier alpha value is -4.62. The second-order valence-corrected chi connectivity index (χ2v) is 21.3. The Morgan fingerprint density at radius 1 is 0.420 bits per heavy atom. The molecule has 0 saturated carbocycles. The lowest BCUT2D eigenvalue weighted by Gasteiger charge is -2.40. The van der Waals surface area contributed by atoms with Crippen molar-refractivity contribution < 1.29 is 58.2 Å². The van der Waals surface area contributed by atoms with E-state index in [1.165, 1.54) is 89.9 Å². The van der Waals surface area contributed by atoms with Gasteiger partial charge in [-0.15, -0.1) is 0 Å². The molecule has 1 aliphatic heterocycles. The van der Waals surface area contributed by atoms with Crippen LogP contribution in [0.3, 0.4) is 0 Å². The number of aliphatic carboxylic acids is 1. The SMILES string of the molecule is CC/C=C\C/C=C\C/C=C\C/C=C\C/C=C\C/C=C\CCC(=O)OCC(COC1OC(C(=O)O)C(O)C(O)C1OC(=O)CCCCCCCCCCCCCCCCCCCCC)OC(=O)CCCCC/C=C\C/C=C\C/C=C\CC. The zero-order valence-electron chi connectivity index (χ0n) is 50.7. The Bertz CT molecular complexity index is 1820. The summed E-state index contributed by atoms with van der Waals surface area (Å²) in [6.07, 6.45) is 63.6. The van der Waals surface area contributed by atoms with Crippen molar-refractivity contribution in [3.8, 4) is 0 Å². The fourth-order valence-corrected chi connectivity index (χ4v) is 9.06. The molecule has 0 amide bonds. The van der Waals surface area contributed by atoms with Gasteiger partial charge in [-0.05, 0) is 89.9 Å². The van der Waals surface area contributed by atoms with Gasteiger partial charge in [-0.1, -0.05) is 252 Å². The van der Waals surface area contributed by atoms with Crippen LogP contribution < -0.4 is 0 Å². The molecule has 460 valence electrons. The number of esters is 3. The molecular formula is C69H112O12. The summed E-state index contributed by atoms with van der Waals surface area (Å²) in [6, 6.07) is 0. The van der Waals surface area contributed by atoms with Crippen LogP contribution in [0.5, 0.6) is 0 Å². The quantitative estimate of drug-likeness (QED) is 0.0228. The highest BCUT2D eigenvalue weighted by atomic mass is 16.7. The molecule has 6 unspecified atom stereocenters. The van der Waals surface area contributed by atoms with Gasteiger partial charge in [-0.3, -0.25) is 14.4 Å². The molecule has 1 rings (SSSR count). The third-order valence-corrected chi connectivity index (χ3v) is 13.9. The lowest BCUT2D eigenvalue weighted by molar-refractivity contribution is -0.301. The number of aliphatic hydroxyl groups is 2. The number of hydrogen-bond donors (Lipinski definition) is 3. The van der Waals surface area contributed by atoms with Gasteiger partial charge in [0.25, 0.3) is 0 Å². The summed E-state index contributed by atoms with van der Waals surface area (Å²) >= 11 is 0. The molecule has 3 N–H and O–H groups in total. The maximum atomic E-state index is 13.1. The van der Waals surface area contributed by atoms with Crippen LogP contribution in [0, 0.1) is 0 Å². The number of aliphatic hydroxyl groups excluding tert-OH is 2. The number of unbranched alkanes of at least 4 members (excludes halogenated alkanes) is 21. The smallest absolute Gasteiger partial charge is 0.335 e. The van der Waals surface area contributed by atoms with E-state index in [1.807, 2.05) is 12.2 Å². The van der Waals surface area contributed by atoms with E-state index in [0.29, 0.717) is 19.3 Å². The van der Waals surface area contributed by atoms with Crippen molar-refractivity contribution in [1.82, 2.24) is 0 Å². The molecule has 81 heavy (non-hydrogen) atoms. The van der Waals surface area contributed by atoms with Crippen molar-refractivity contribution in [2.45, 2.75) is 289 Å². The maximum absolute atomic E-state index is 13.1. The highest BCUT2D eigenvalue weighted by Gasteiger charge is 2.50. The largest absolute Gasteiger partial charge is 0.479 e. The van der Waals surface area contributed by atoms with E-state index in [9.17, 15) is 34.5 Å². The van der Waals surface area contributed by atoms with Crippen LogP contribution in [-0.4, -0.2) is 89.2 Å². The van der Waals surface area contributed by atoms with Crippen molar-refractivity contribution >= 4 is 23.9 Å². The summed E-state index contributed by atoms with van der Waals surface area (Å²) in [6.45, 7) is 5.69. The standard InChI is InChI=1S/C69H112O12/c1-4-7-10-13-16-19-22-25-27-29-31-33-35-38-40-43-46-49-52-55-61(70)77-58-60(79-62(71)56-53-50-47-44-41-37-24-21-18-15-12-9-6-3)59-78-69-67(65(74)64(73)66(81-69)68(75)76)80-63(72)57-54-51-48-45-42-39-36-34-32-30-28-26-23-20-17-14-11-8-5-2/h7,9-10,12,16,18-19,21,25,27,31,33,37-38,40-41,46,49,60,64-67,69,73-74H,4-6,8,11,13-15,17,20,22-24,26,28-30,32,34-36,39,42-45,47-48,50-59H2,1-3H3,(H,75,76)/b10-7-,12-9-,19-16-,21-18-,27-25-,33-31-,40-38-,41-37-,49-46-. The molecule has 0 aromatic heterocycles. The first-order valence-electron chi connectivity index (χ1n) is 31.9.